The van der Waals surface area contributed by atoms with Gasteiger partial charge in [0.05, 0.1) is 18.7 Å². The maximum Gasteiger partial charge on any atom is 0.223 e. The lowest BCUT2D eigenvalue weighted by Gasteiger charge is -2.21. The predicted molar refractivity (Wildman–Crippen MR) is 84.4 cm³/mol. The molecule has 0 unspecified atom stereocenters. The maximum atomic E-state index is 11.4. The van der Waals surface area contributed by atoms with Crippen molar-refractivity contribution in [2.75, 3.05) is 13.2 Å². The van der Waals surface area contributed by atoms with Crippen LogP contribution in [0.2, 0.25) is 0 Å². The second-order valence-corrected chi connectivity index (χ2v) is 6.05. The molecule has 5 nitrogen and oxygen atoms in total. The third-order valence-corrected chi connectivity index (χ3v) is 2.82. The fourth-order valence-corrected chi connectivity index (χ4v) is 1.74. The highest BCUT2D eigenvalue weighted by Crippen LogP contribution is 2.18. The molecular formula is C16H27N3O2. The molecule has 0 aliphatic heterocycles. The van der Waals surface area contributed by atoms with Gasteiger partial charge in [-0.3, -0.25) is 9.78 Å². The topological polar surface area (TPSA) is 63.2 Å². The zero-order valence-corrected chi connectivity index (χ0v) is 13.7. The van der Waals surface area contributed by atoms with E-state index in [1.807, 2.05) is 26.0 Å². The summed E-state index contributed by atoms with van der Waals surface area (Å²) in [5, 5.41) is 6.16. The van der Waals surface area contributed by atoms with Gasteiger partial charge in [0.2, 0.25) is 5.91 Å². The van der Waals surface area contributed by atoms with Gasteiger partial charge in [0.25, 0.3) is 0 Å². The predicted octanol–water partition coefficient (Wildman–Crippen LogP) is 2.18. The van der Waals surface area contributed by atoms with E-state index in [0.717, 1.165) is 17.1 Å². The largest absolute Gasteiger partial charge is 0.491 e. The molecule has 0 spiro atoms. The van der Waals surface area contributed by atoms with E-state index in [1.54, 1.807) is 0 Å². The zero-order chi connectivity index (χ0) is 15.9. The molecule has 1 aromatic rings. The van der Waals surface area contributed by atoms with E-state index in [0.29, 0.717) is 26.1 Å². The van der Waals surface area contributed by atoms with Gasteiger partial charge < -0.3 is 15.4 Å². The number of carbonyl (C=O) groups excluding carboxylic acids is 1. The van der Waals surface area contributed by atoms with Crippen LogP contribution in [0.15, 0.2) is 12.1 Å². The standard InChI is InChI=1S/C16H27N3O2/c1-6-17-15(20)9-10-21-14-8-7-12(2)19-13(14)11-18-16(3,4)5/h7-8,18H,6,9-11H2,1-5H3,(H,17,20). The molecule has 0 aliphatic rings. The first-order valence-corrected chi connectivity index (χ1v) is 7.43. The Morgan fingerprint density at radius 2 is 2.05 bits per heavy atom. The molecule has 0 saturated heterocycles. The minimum atomic E-state index is 0.00642. The summed E-state index contributed by atoms with van der Waals surface area (Å²) in [7, 11) is 0. The Kier molecular flexibility index (Phi) is 6.62. The van der Waals surface area contributed by atoms with E-state index in [1.165, 1.54) is 0 Å². The summed E-state index contributed by atoms with van der Waals surface area (Å²) in [6.07, 6.45) is 0.355. The van der Waals surface area contributed by atoms with Crippen molar-refractivity contribution in [3.8, 4) is 5.75 Å². The van der Waals surface area contributed by atoms with Crippen LogP contribution in [0.25, 0.3) is 0 Å². The smallest absolute Gasteiger partial charge is 0.223 e. The van der Waals surface area contributed by atoms with Gasteiger partial charge in [-0.2, -0.15) is 0 Å². The summed E-state index contributed by atoms with van der Waals surface area (Å²) in [6.45, 7) is 11.8. The Balaban J connectivity index is 2.62. The quantitative estimate of drug-likeness (QED) is 0.809. The van der Waals surface area contributed by atoms with Crippen LogP contribution in [-0.2, 0) is 11.3 Å². The third-order valence-electron chi connectivity index (χ3n) is 2.82. The van der Waals surface area contributed by atoms with Crippen molar-refractivity contribution in [1.29, 1.82) is 0 Å². The summed E-state index contributed by atoms with van der Waals surface area (Å²) in [5.74, 6) is 0.744. The van der Waals surface area contributed by atoms with Crippen molar-refractivity contribution >= 4 is 5.91 Å². The van der Waals surface area contributed by atoms with Crippen molar-refractivity contribution in [1.82, 2.24) is 15.6 Å². The Morgan fingerprint density at radius 3 is 2.67 bits per heavy atom. The molecule has 1 rings (SSSR count). The first-order chi connectivity index (χ1) is 9.81. The number of nitrogens with one attached hydrogen (secondary N) is 2. The molecule has 1 amide bonds. The van der Waals surface area contributed by atoms with Gasteiger partial charge in [0, 0.05) is 24.3 Å². The Morgan fingerprint density at radius 1 is 1.33 bits per heavy atom. The molecule has 5 heteroatoms. The fraction of sp³-hybridized carbons (Fsp3) is 0.625. The van der Waals surface area contributed by atoms with E-state index in [4.69, 9.17) is 4.74 Å². The summed E-state index contributed by atoms with van der Waals surface area (Å²) >= 11 is 0. The lowest BCUT2D eigenvalue weighted by molar-refractivity contribution is -0.121. The highest BCUT2D eigenvalue weighted by molar-refractivity contribution is 5.75. The first-order valence-electron chi connectivity index (χ1n) is 7.43. The molecule has 1 heterocycles. The molecule has 2 N–H and O–H groups in total. The van der Waals surface area contributed by atoms with Gasteiger partial charge in [-0.05, 0) is 46.8 Å². The van der Waals surface area contributed by atoms with Gasteiger partial charge in [-0.25, -0.2) is 0 Å². The van der Waals surface area contributed by atoms with Crippen LogP contribution in [-0.4, -0.2) is 29.6 Å². The van der Waals surface area contributed by atoms with E-state index in [9.17, 15) is 4.79 Å². The highest BCUT2D eigenvalue weighted by atomic mass is 16.5. The molecule has 0 radical (unpaired) electrons. The Labute approximate surface area is 127 Å². The number of aromatic nitrogens is 1. The number of nitrogens with zero attached hydrogens (tertiary/aromatic N) is 1. The van der Waals surface area contributed by atoms with Crippen LogP contribution < -0.4 is 15.4 Å². The Hall–Kier alpha value is -1.62. The number of amides is 1. The summed E-state index contributed by atoms with van der Waals surface area (Å²) < 4.78 is 5.71. The van der Waals surface area contributed by atoms with Crippen LogP contribution in [0.3, 0.4) is 0 Å². The monoisotopic (exact) mass is 293 g/mol. The van der Waals surface area contributed by atoms with Crippen LogP contribution >= 0.6 is 0 Å². The summed E-state index contributed by atoms with van der Waals surface area (Å²) in [4.78, 5) is 15.9. The van der Waals surface area contributed by atoms with E-state index >= 15 is 0 Å². The fourth-order valence-electron chi connectivity index (χ4n) is 1.74. The van der Waals surface area contributed by atoms with Gasteiger partial charge in [-0.15, -0.1) is 0 Å². The lowest BCUT2D eigenvalue weighted by atomic mass is 10.1. The number of hydrogen-bond donors (Lipinski definition) is 2. The number of aryl methyl sites for hydroxylation is 1. The molecule has 0 fully saturated rings. The lowest BCUT2D eigenvalue weighted by Crippen LogP contribution is -2.35. The molecule has 0 atom stereocenters. The molecule has 0 aliphatic carbocycles. The van der Waals surface area contributed by atoms with Gasteiger partial charge >= 0.3 is 0 Å². The normalized spacial score (nSPS) is 11.3. The van der Waals surface area contributed by atoms with Gasteiger partial charge in [-0.1, -0.05) is 0 Å². The first kappa shape index (κ1) is 17.4. The second kappa shape index (κ2) is 7.98. The molecule has 0 aromatic carbocycles. The minimum absolute atomic E-state index is 0.00642. The average molecular weight is 293 g/mol. The average Bonchev–Trinajstić information content (AvgIpc) is 2.38. The molecule has 0 bridgehead atoms. The zero-order valence-electron chi connectivity index (χ0n) is 13.7. The molecule has 0 saturated carbocycles. The Bertz CT molecular complexity index is 467. The molecule has 21 heavy (non-hydrogen) atoms. The maximum absolute atomic E-state index is 11.4. The van der Waals surface area contributed by atoms with E-state index < -0.39 is 0 Å². The number of ether oxygens (including phenoxy) is 1. The molecular weight excluding hydrogens is 266 g/mol. The van der Waals surface area contributed by atoms with Crippen LogP contribution in [0.1, 0.15) is 45.5 Å². The van der Waals surface area contributed by atoms with Crippen molar-refractivity contribution in [2.45, 2.75) is 53.1 Å². The van der Waals surface area contributed by atoms with E-state index in [-0.39, 0.29) is 11.4 Å². The van der Waals surface area contributed by atoms with Gasteiger partial charge in [0.1, 0.15) is 5.75 Å². The van der Waals surface area contributed by atoms with Gasteiger partial charge in [0.15, 0.2) is 0 Å². The number of rotatable bonds is 7. The van der Waals surface area contributed by atoms with Crippen LogP contribution in [0.5, 0.6) is 5.75 Å². The van der Waals surface area contributed by atoms with Crippen LogP contribution in [0.4, 0.5) is 0 Å². The molecule has 118 valence electrons. The van der Waals surface area contributed by atoms with Crippen LogP contribution in [0, 0.1) is 6.92 Å². The highest BCUT2D eigenvalue weighted by Gasteiger charge is 2.12. The molecule has 1 aromatic heterocycles. The number of pyridine rings is 1. The summed E-state index contributed by atoms with van der Waals surface area (Å²) in [6, 6.07) is 3.84. The van der Waals surface area contributed by atoms with Crippen molar-refractivity contribution in [3.05, 3.63) is 23.5 Å². The SMILES string of the molecule is CCNC(=O)CCOc1ccc(C)nc1CNC(C)(C)C. The summed E-state index contributed by atoms with van der Waals surface area (Å²) in [5.41, 5.74) is 1.85. The van der Waals surface area contributed by atoms with Crippen molar-refractivity contribution < 1.29 is 9.53 Å². The number of carbonyl (C=O) groups is 1. The third kappa shape index (κ3) is 7.09. The van der Waals surface area contributed by atoms with E-state index in [2.05, 4.69) is 36.4 Å². The van der Waals surface area contributed by atoms with Crippen molar-refractivity contribution in [3.63, 3.8) is 0 Å². The van der Waals surface area contributed by atoms with Crippen molar-refractivity contribution in [2.24, 2.45) is 0 Å². The minimum Gasteiger partial charge on any atom is -0.491 e. The number of hydrogen-bond acceptors (Lipinski definition) is 4. The second-order valence-electron chi connectivity index (χ2n) is 6.05.